The lowest BCUT2D eigenvalue weighted by atomic mass is 10.2. The highest BCUT2D eigenvalue weighted by molar-refractivity contribution is 9.10. The van der Waals surface area contributed by atoms with Gasteiger partial charge in [0.25, 0.3) is 0 Å². The van der Waals surface area contributed by atoms with Crippen LogP contribution >= 0.6 is 28.6 Å². The van der Waals surface area contributed by atoms with Gasteiger partial charge < -0.3 is 10.8 Å². The van der Waals surface area contributed by atoms with Crippen molar-refractivity contribution in [1.29, 1.82) is 0 Å². The van der Waals surface area contributed by atoms with E-state index in [-0.39, 0.29) is 0 Å². The minimum atomic E-state index is -0.813. The maximum Gasteiger partial charge on any atom is 0.124 e. The molecule has 4 heteroatoms. The fourth-order valence-electron chi connectivity index (χ4n) is 0.769. The molecule has 1 rings (SSSR count). The molecule has 1 atom stereocenters. The van der Waals surface area contributed by atoms with Crippen molar-refractivity contribution in [2.45, 2.75) is 5.44 Å². The van der Waals surface area contributed by atoms with Crippen molar-refractivity contribution in [3.05, 3.63) is 28.2 Å². The van der Waals surface area contributed by atoms with Gasteiger partial charge in [-0.25, -0.2) is 0 Å². The smallest absolute Gasteiger partial charge is 0.124 e. The van der Waals surface area contributed by atoms with Crippen LogP contribution in [0.3, 0.4) is 0 Å². The number of aliphatic hydroxyl groups is 1. The summed E-state index contributed by atoms with van der Waals surface area (Å²) in [4.78, 5) is 0. The Balaban J connectivity index is 3.13. The van der Waals surface area contributed by atoms with E-state index in [0.29, 0.717) is 11.3 Å². The Morgan fingerprint density at radius 3 is 2.64 bits per heavy atom. The van der Waals surface area contributed by atoms with E-state index in [0.717, 1.165) is 4.47 Å². The molecule has 0 bridgehead atoms. The van der Waals surface area contributed by atoms with E-state index in [1.165, 1.54) is 0 Å². The monoisotopic (exact) mass is 233 g/mol. The van der Waals surface area contributed by atoms with E-state index >= 15 is 0 Å². The standard InChI is InChI=1S/C7H8BrNOS/c8-4-1-2-6(9)5(3-4)7(10)11/h1-3,7,10-11H,9H2. The van der Waals surface area contributed by atoms with Crippen LogP contribution in [-0.4, -0.2) is 5.11 Å². The third kappa shape index (κ3) is 2.12. The minimum Gasteiger partial charge on any atom is -0.398 e. The summed E-state index contributed by atoms with van der Waals surface area (Å²) in [6.07, 6.45) is 0. The molecular weight excluding hydrogens is 226 g/mol. The Hall–Kier alpha value is -0.190. The summed E-state index contributed by atoms with van der Waals surface area (Å²) >= 11 is 7.12. The SMILES string of the molecule is Nc1ccc(Br)cc1C(O)S. The van der Waals surface area contributed by atoms with Gasteiger partial charge in [-0.05, 0) is 18.2 Å². The fourth-order valence-corrected chi connectivity index (χ4v) is 1.37. The van der Waals surface area contributed by atoms with Gasteiger partial charge in [0.2, 0.25) is 0 Å². The number of anilines is 1. The largest absolute Gasteiger partial charge is 0.398 e. The van der Waals surface area contributed by atoms with Gasteiger partial charge in [-0.15, -0.1) is 12.6 Å². The first-order chi connectivity index (χ1) is 5.11. The Labute approximate surface area is 79.0 Å². The first kappa shape index (κ1) is 8.90. The number of rotatable bonds is 1. The quantitative estimate of drug-likeness (QED) is 0.395. The van der Waals surface area contributed by atoms with Gasteiger partial charge >= 0.3 is 0 Å². The molecular formula is C7H8BrNOS. The molecule has 1 unspecified atom stereocenters. The Morgan fingerprint density at radius 2 is 2.18 bits per heavy atom. The fraction of sp³-hybridized carbons (Fsp3) is 0.143. The number of aliphatic hydroxyl groups excluding tert-OH is 1. The molecule has 2 nitrogen and oxygen atoms in total. The topological polar surface area (TPSA) is 46.2 Å². The summed E-state index contributed by atoms with van der Waals surface area (Å²) in [6.45, 7) is 0. The summed E-state index contributed by atoms with van der Waals surface area (Å²) < 4.78 is 0.884. The second-order valence-corrected chi connectivity index (χ2v) is 3.55. The van der Waals surface area contributed by atoms with Crippen molar-refractivity contribution in [2.24, 2.45) is 0 Å². The van der Waals surface area contributed by atoms with E-state index in [1.807, 2.05) is 6.07 Å². The molecule has 0 aliphatic carbocycles. The second-order valence-electron chi connectivity index (χ2n) is 2.15. The van der Waals surface area contributed by atoms with Gasteiger partial charge in [0.1, 0.15) is 5.44 Å². The van der Waals surface area contributed by atoms with Crippen LogP contribution in [0, 0.1) is 0 Å². The van der Waals surface area contributed by atoms with Crippen molar-refractivity contribution in [3.8, 4) is 0 Å². The Bertz CT molecular complexity index is 265. The highest BCUT2D eigenvalue weighted by Crippen LogP contribution is 2.26. The van der Waals surface area contributed by atoms with Crippen molar-refractivity contribution >= 4 is 34.2 Å². The first-order valence-electron chi connectivity index (χ1n) is 3.02. The molecule has 3 N–H and O–H groups in total. The Kier molecular flexibility index (Phi) is 2.81. The van der Waals surface area contributed by atoms with E-state index in [1.54, 1.807) is 12.1 Å². The van der Waals surface area contributed by atoms with E-state index in [2.05, 4.69) is 28.6 Å². The van der Waals surface area contributed by atoms with E-state index in [4.69, 9.17) is 10.8 Å². The lowest BCUT2D eigenvalue weighted by Crippen LogP contribution is -1.95. The number of nitrogen functional groups attached to an aromatic ring is 1. The molecule has 1 aromatic rings. The van der Waals surface area contributed by atoms with E-state index < -0.39 is 5.44 Å². The van der Waals surface area contributed by atoms with Crippen LogP contribution in [0.1, 0.15) is 11.0 Å². The third-order valence-corrected chi connectivity index (χ3v) is 2.10. The zero-order valence-electron chi connectivity index (χ0n) is 5.66. The number of benzene rings is 1. The molecule has 0 aliphatic heterocycles. The number of hydrogen-bond donors (Lipinski definition) is 3. The summed E-state index contributed by atoms with van der Waals surface area (Å²) in [5, 5.41) is 9.09. The average molecular weight is 234 g/mol. The zero-order chi connectivity index (χ0) is 8.43. The van der Waals surface area contributed by atoms with Gasteiger partial charge in [0.05, 0.1) is 0 Å². The molecule has 60 valence electrons. The molecule has 0 aliphatic rings. The van der Waals surface area contributed by atoms with Crippen molar-refractivity contribution in [1.82, 2.24) is 0 Å². The molecule has 0 amide bonds. The Morgan fingerprint density at radius 1 is 1.55 bits per heavy atom. The molecule has 0 spiro atoms. The van der Waals surface area contributed by atoms with Gasteiger partial charge in [0, 0.05) is 15.7 Å². The molecule has 0 saturated heterocycles. The van der Waals surface area contributed by atoms with Crippen LogP contribution in [0.4, 0.5) is 5.69 Å². The van der Waals surface area contributed by atoms with Crippen LogP contribution in [0.5, 0.6) is 0 Å². The zero-order valence-corrected chi connectivity index (χ0v) is 8.14. The van der Waals surface area contributed by atoms with Gasteiger partial charge in [0.15, 0.2) is 0 Å². The summed E-state index contributed by atoms with van der Waals surface area (Å²) in [6, 6.07) is 5.28. The van der Waals surface area contributed by atoms with Gasteiger partial charge in [-0.3, -0.25) is 0 Å². The molecule has 1 aromatic carbocycles. The number of halogens is 1. The summed E-state index contributed by atoms with van der Waals surface area (Å²) in [5.74, 6) is 0. The molecule has 0 aromatic heterocycles. The van der Waals surface area contributed by atoms with Gasteiger partial charge in [-0.2, -0.15) is 0 Å². The maximum atomic E-state index is 9.09. The average Bonchev–Trinajstić information content (AvgIpc) is 1.94. The lowest BCUT2D eigenvalue weighted by molar-refractivity contribution is 0.273. The molecule has 11 heavy (non-hydrogen) atoms. The van der Waals surface area contributed by atoms with Crippen molar-refractivity contribution < 1.29 is 5.11 Å². The van der Waals surface area contributed by atoms with Crippen LogP contribution in [-0.2, 0) is 0 Å². The predicted molar refractivity (Wildman–Crippen MR) is 52.5 cm³/mol. The lowest BCUT2D eigenvalue weighted by Gasteiger charge is -2.07. The first-order valence-corrected chi connectivity index (χ1v) is 4.33. The summed E-state index contributed by atoms with van der Waals surface area (Å²) in [7, 11) is 0. The minimum absolute atomic E-state index is 0.552. The molecule has 0 radical (unpaired) electrons. The highest BCUT2D eigenvalue weighted by Gasteiger charge is 2.05. The number of thiol groups is 1. The van der Waals surface area contributed by atoms with Crippen LogP contribution < -0.4 is 5.73 Å². The van der Waals surface area contributed by atoms with Gasteiger partial charge in [-0.1, -0.05) is 15.9 Å². The van der Waals surface area contributed by atoms with Crippen LogP contribution in [0.25, 0.3) is 0 Å². The van der Waals surface area contributed by atoms with E-state index in [9.17, 15) is 0 Å². The molecule has 0 saturated carbocycles. The third-order valence-electron chi connectivity index (χ3n) is 1.33. The number of hydrogen-bond acceptors (Lipinski definition) is 3. The second kappa shape index (κ2) is 3.47. The van der Waals surface area contributed by atoms with Crippen molar-refractivity contribution in [3.63, 3.8) is 0 Å². The van der Waals surface area contributed by atoms with Crippen LogP contribution in [0.2, 0.25) is 0 Å². The maximum absolute atomic E-state index is 9.09. The summed E-state index contributed by atoms with van der Waals surface area (Å²) in [5.41, 5.74) is 5.93. The predicted octanol–water partition coefficient (Wildman–Crippen LogP) is 1.95. The normalized spacial score (nSPS) is 13.0. The van der Waals surface area contributed by atoms with Crippen LogP contribution in [0.15, 0.2) is 22.7 Å². The number of nitrogens with two attached hydrogens (primary N) is 1. The van der Waals surface area contributed by atoms with Crippen molar-refractivity contribution in [2.75, 3.05) is 5.73 Å². The molecule has 0 heterocycles. The molecule has 0 fully saturated rings. The highest BCUT2D eigenvalue weighted by atomic mass is 79.9.